The largest absolute Gasteiger partial charge is 0.399 e. The maximum Gasteiger partial charge on any atom is 0.250 e. The molecule has 1 amide bonds. The van der Waals surface area contributed by atoms with E-state index in [9.17, 15) is 4.79 Å². The lowest BCUT2D eigenvalue weighted by molar-refractivity contribution is 0.100. The molecule has 0 aliphatic rings. The number of carbonyl (C=O) groups excluding carboxylic acids is 1. The van der Waals surface area contributed by atoms with Gasteiger partial charge in [-0.25, -0.2) is 0 Å². The molecule has 1 rings (SSSR count). The predicted molar refractivity (Wildman–Crippen MR) is 78.6 cm³/mol. The second-order valence-corrected chi connectivity index (χ2v) is 4.59. The molecule has 5 nitrogen and oxygen atoms in total. The number of hydrogen-bond acceptors (Lipinski definition) is 4. The number of rotatable bonds is 8. The van der Waals surface area contributed by atoms with Gasteiger partial charge in [-0.3, -0.25) is 4.79 Å². The summed E-state index contributed by atoms with van der Waals surface area (Å²) in [6, 6.07) is 3.11. The molecule has 1 aromatic carbocycles. The first-order valence-corrected chi connectivity index (χ1v) is 6.64. The Kier molecular flexibility index (Phi) is 6.45. The van der Waals surface area contributed by atoms with Crippen LogP contribution in [0.15, 0.2) is 12.1 Å². The lowest BCUT2D eigenvalue weighted by Gasteiger charge is -2.13. The fourth-order valence-electron chi connectivity index (χ4n) is 1.64. The van der Waals surface area contributed by atoms with Gasteiger partial charge < -0.3 is 21.5 Å². The Bertz CT molecular complexity index is 438. The van der Waals surface area contributed by atoms with Gasteiger partial charge in [-0.15, -0.1) is 0 Å². The van der Waals surface area contributed by atoms with Crippen LogP contribution >= 0.6 is 11.6 Å². The second-order valence-electron chi connectivity index (χ2n) is 4.18. The van der Waals surface area contributed by atoms with Crippen LogP contribution in [0.2, 0.25) is 5.02 Å². The van der Waals surface area contributed by atoms with Gasteiger partial charge in [0, 0.05) is 25.4 Å². The summed E-state index contributed by atoms with van der Waals surface area (Å²) in [4.78, 5) is 11.3. The highest BCUT2D eigenvalue weighted by Gasteiger charge is 2.12. The van der Waals surface area contributed by atoms with Gasteiger partial charge in [0.2, 0.25) is 0 Å². The number of nitrogen functional groups attached to an aromatic ring is 1. The Morgan fingerprint density at radius 1 is 1.42 bits per heavy atom. The van der Waals surface area contributed by atoms with Crippen LogP contribution in [0.3, 0.4) is 0 Å². The average Bonchev–Trinajstić information content (AvgIpc) is 2.34. The molecule has 6 heteroatoms. The number of halogens is 1. The summed E-state index contributed by atoms with van der Waals surface area (Å²) >= 11 is 6.06. The van der Waals surface area contributed by atoms with E-state index in [-0.39, 0.29) is 0 Å². The smallest absolute Gasteiger partial charge is 0.250 e. The third kappa shape index (κ3) is 4.96. The van der Waals surface area contributed by atoms with Gasteiger partial charge in [0.05, 0.1) is 16.3 Å². The van der Waals surface area contributed by atoms with E-state index >= 15 is 0 Å². The Morgan fingerprint density at radius 3 is 2.79 bits per heavy atom. The minimum Gasteiger partial charge on any atom is -0.399 e. The Labute approximate surface area is 118 Å². The molecule has 0 unspecified atom stereocenters. The molecule has 0 saturated heterocycles. The van der Waals surface area contributed by atoms with Gasteiger partial charge in [0.1, 0.15) is 0 Å². The monoisotopic (exact) mass is 285 g/mol. The average molecular weight is 286 g/mol. The molecule has 0 bridgehead atoms. The normalized spacial score (nSPS) is 10.4. The molecule has 5 N–H and O–H groups in total. The van der Waals surface area contributed by atoms with Crippen LogP contribution in [0.5, 0.6) is 0 Å². The Morgan fingerprint density at radius 2 is 2.16 bits per heavy atom. The molecule has 0 saturated carbocycles. The number of nitrogens with two attached hydrogens (primary N) is 2. The quantitative estimate of drug-likeness (QED) is 0.505. The van der Waals surface area contributed by atoms with Gasteiger partial charge in [-0.2, -0.15) is 0 Å². The third-order valence-electron chi connectivity index (χ3n) is 2.49. The molecule has 0 aliphatic heterocycles. The van der Waals surface area contributed by atoms with Crippen molar-refractivity contribution < 1.29 is 9.53 Å². The van der Waals surface area contributed by atoms with Crippen LogP contribution in [0.25, 0.3) is 0 Å². The predicted octanol–water partition coefficient (Wildman–Crippen LogP) is 2.25. The van der Waals surface area contributed by atoms with Crippen molar-refractivity contribution in [3.05, 3.63) is 22.7 Å². The highest BCUT2D eigenvalue weighted by atomic mass is 35.5. The topological polar surface area (TPSA) is 90.4 Å². The molecule has 0 radical (unpaired) electrons. The van der Waals surface area contributed by atoms with Gasteiger partial charge in [-0.1, -0.05) is 18.5 Å². The van der Waals surface area contributed by atoms with Crippen LogP contribution < -0.4 is 16.8 Å². The molecule has 0 aromatic heterocycles. The summed E-state index contributed by atoms with van der Waals surface area (Å²) in [6.07, 6.45) is 1.82. The van der Waals surface area contributed by atoms with Crippen molar-refractivity contribution in [1.29, 1.82) is 0 Å². The minimum absolute atomic E-state index is 0.305. The molecule has 106 valence electrons. The number of benzene rings is 1. The van der Waals surface area contributed by atoms with Crippen molar-refractivity contribution in [3.63, 3.8) is 0 Å². The SMILES string of the molecule is CCCOCCCNc1c(Cl)cc(N)cc1C(N)=O. The fraction of sp³-hybridized carbons (Fsp3) is 0.462. The zero-order valence-electron chi connectivity index (χ0n) is 11.0. The highest BCUT2D eigenvalue weighted by Crippen LogP contribution is 2.28. The van der Waals surface area contributed by atoms with Crippen LogP contribution in [0.1, 0.15) is 30.1 Å². The van der Waals surface area contributed by atoms with Gasteiger partial charge in [0.15, 0.2) is 0 Å². The van der Waals surface area contributed by atoms with Crippen molar-refractivity contribution in [2.24, 2.45) is 5.73 Å². The van der Waals surface area contributed by atoms with E-state index in [1.165, 1.54) is 6.07 Å². The minimum atomic E-state index is -0.557. The van der Waals surface area contributed by atoms with Gasteiger partial charge in [0.25, 0.3) is 5.91 Å². The van der Waals surface area contributed by atoms with E-state index in [2.05, 4.69) is 12.2 Å². The third-order valence-corrected chi connectivity index (χ3v) is 2.79. The molecular formula is C13H20ClN3O2. The number of primary amides is 1. The van der Waals surface area contributed by atoms with E-state index in [1.807, 2.05) is 0 Å². The molecule has 0 fully saturated rings. The van der Waals surface area contributed by atoms with Gasteiger partial charge >= 0.3 is 0 Å². The van der Waals surface area contributed by atoms with Crippen molar-refractivity contribution in [3.8, 4) is 0 Å². The van der Waals surface area contributed by atoms with E-state index < -0.39 is 5.91 Å². The van der Waals surface area contributed by atoms with Crippen LogP contribution in [0, 0.1) is 0 Å². The standard InChI is InChI=1S/C13H20ClN3O2/c1-2-5-19-6-3-4-17-12-10(13(16)18)7-9(15)8-11(12)14/h7-8,17H,2-6,15H2,1H3,(H2,16,18). The zero-order valence-corrected chi connectivity index (χ0v) is 11.8. The lowest BCUT2D eigenvalue weighted by Crippen LogP contribution is -2.16. The molecule has 19 heavy (non-hydrogen) atoms. The van der Waals surface area contributed by atoms with E-state index in [0.29, 0.717) is 35.1 Å². The zero-order chi connectivity index (χ0) is 14.3. The number of hydrogen-bond donors (Lipinski definition) is 3. The summed E-state index contributed by atoms with van der Waals surface area (Å²) in [5, 5.41) is 3.49. The van der Waals surface area contributed by atoms with Crippen molar-refractivity contribution >= 4 is 28.9 Å². The number of ether oxygens (including phenoxy) is 1. The lowest BCUT2D eigenvalue weighted by atomic mass is 10.1. The Balaban J connectivity index is 2.59. The molecule has 0 spiro atoms. The first-order chi connectivity index (χ1) is 9.06. The van der Waals surface area contributed by atoms with E-state index in [4.69, 9.17) is 27.8 Å². The van der Waals surface area contributed by atoms with Crippen LogP contribution in [-0.2, 0) is 4.74 Å². The van der Waals surface area contributed by atoms with Crippen LogP contribution in [0.4, 0.5) is 11.4 Å². The summed E-state index contributed by atoms with van der Waals surface area (Å²) in [7, 11) is 0. The molecule has 0 atom stereocenters. The number of nitrogens with one attached hydrogen (secondary N) is 1. The van der Waals surface area contributed by atoms with Crippen molar-refractivity contribution in [1.82, 2.24) is 0 Å². The molecular weight excluding hydrogens is 266 g/mol. The summed E-state index contributed by atoms with van der Waals surface area (Å²) < 4.78 is 5.36. The first kappa shape index (κ1) is 15.6. The number of anilines is 2. The summed E-state index contributed by atoms with van der Waals surface area (Å²) in [5.74, 6) is -0.557. The van der Waals surface area contributed by atoms with Crippen molar-refractivity contribution in [2.45, 2.75) is 19.8 Å². The molecule has 1 aromatic rings. The molecule has 0 aliphatic carbocycles. The number of amides is 1. The second kappa shape index (κ2) is 7.86. The maximum absolute atomic E-state index is 11.3. The molecule has 0 heterocycles. The first-order valence-electron chi connectivity index (χ1n) is 6.26. The Hall–Kier alpha value is -1.46. The maximum atomic E-state index is 11.3. The highest BCUT2D eigenvalue weighted by molar-refractivity contribution is 6.34. The van der Waals surface area contributed by atoms with Crippen molar-refractivity contribution in [2.75, 3.05) is 30.8 Å². The van der Waals surface area contributed by atoms with E-state index in [1.54, 1.807) is 6.07 Å². The van der Waals surface area contributed by atoms with Gasteiger partial charge in [-0.05, 0) is 25.0 Å². The fourth-order valence-corrected chi connectivity index (χ4v) is 1.93. The number of carbonyl (C=O) groups is 1. The van der Waals surface area contributed by atoms with E-state index in [0.717, 1.165) is 19.4 Å². The summed E-state index contributed by atoms with van der Waals surface area (Å²) in [5.41, 5.74) is 12.2. The summed E-state index contributed by atoms with van der Waals surface area (Å²) in [6.45, 7) is 4.13. The van der Waals surface area contributed by atoms with Crippen LogP contribution in [-0.4, -0.2) is 25.7 Å².